The van der Waals surface area contributed by atoms with E-state index in [1.807, 2.05) is 13.8 Å². The zero-order valence-electron chi connectivity index (χ0n) is 9.99. The number of aromatic nitrogens is 2. The third-order valence-corrected chi connectivity index (χ3v) is 3.13. The van der Waals surface area contributed by atoms with Crippen LogP contribution in [0.2, 0.25) is 0 Å². The lowest BCUT2D eigenvalue weighted by molar-refractivity contribution is 0.211. The second-order valence-electron chi connectivity index (χ2n) is 4.76. The first kappa shape index (κ1) is 11.3. The van der Waals surface area contributed by atoms with Crippen molar-refractivity contribution >= 4 is 0 Å². The third kappa shape index (κ3) is 2.50. The number of hydrogen-bond donors (Lipinski definition) is 1. The summed E-state index contributed by atoms with van der Waals surface area (Å²) in [6, 6.07) is 0. The van der Waals surface area contributed by atoms with E-state index in [2.05, 4.69) is 9.97 Å². The van der Waals surface area contributed by atoms with Crippen LogP contribution < -0.4 is 10.5 Å². The molecule has 1 aromatic rings. The van der Waals surface area contributed by atoms with Gasteiger partial charge in [-0.15, -0.1) is 0 Å². The fourth-order valence-electron chi connectivity index (χ4n) is 2.09. The highest BCUT2D eigenvalue weighted by Crippen LogP contribution is 2.27. The van der Waals surface area contributed by atoms with Crippen molar-refractivity contribution in [2.75, 3.05) is 6.61 Å². The van der Waals surface area contributed by atoms with Crippen LogP contribution in [0.25, 0.3) is 0 Å². The lowest BCUT2D eigenvalue weighted by atomic mass is 10.0. The summed E-state index contributed by atoms with van der Waals surface area (Å²) >= 11 is 0. The van der Waals surface area contributed by atoms with Crippen LogP contribution >= 0.6 is 0 Å². The van der Waals surface area contributed by atoms with E-state index in [1.165, 1.54) is 12.8 Å². The number of nitrogens with two attached hydrogens (primary N) is 1. The monoisotopic (exact) mass is 221 g/mol. The second kappa shape index (κ2) is 4.37. The summed E-state index contributed by atoms with van der Waals surface area (Å²) in [4.78, 5) is 8.54. The summed E-state index contributed by atoms with van der Waals surface area (Å²) in [5.41, 5.74) is 7.77. The van der Waals surface area contributed by atoms with Crippen molar-refractivity contribution in [3.63, 3.8) is 0 Å². The molecule has 1 aromatic heterocycles. The molecule has 0 spiro atoms. The molecule has 0 bridgehead atoms. The molecule has 4 heteroatoms. The van der Waals surface area contributed by atoms with Gasteiger partial charge in [0.1, 0.15) is 6.61 Å². The largest absolute Gasteiger partial charge is 0.474 e. The number of nitrogens with zero attached hydrogens (tertiary/aromatic N) is 2. The molecular formula is C12H19N3O. The Morgan fingerprint density at radius 3 is 2.75 bits per heavy atom. The maximum atomic E-state index is 6.22. The Kier molecular flexibility index (Phi) is 3.10. The normalized spacial score (nSPS) is 18.7. The molecule has 0 unspecified atom stereocenters. The number of aryl methyl sites for hydroxylation is 2. The second-order valence-corrected chi connectivity index (χ2v) is 4.76. The summed E-state index contributed by atoms with van der Waals surface area (Å²) < 4.78 is 5.71. The van der Waals surface area contributed by atoms with Crippen molar-refractivity contribution in [2.45, 2.75) is 45.1 Å². The summed E-state index contributed by atoms with van der Waals surface area (Å²) in [7, 11) is 0. The van der Waals surface area contributed by atoms with E-state index in [4.69, 9.17) is 10.5 Å². The van der Waals surface area contributed by atoms with Crippen molar-refractivity contribution in [2.24, 2.45) is 5.73 Å². The van der Waals surface area contributed by atoms with E-state index in [0.29, 0.717) is 12.5 Å². The van der Waals surface area contributed by atoms with Crippen LogP contribution in [0.4, 0.5) is 0 Å². The van der Waals surface area contributed by atoms with Gasteiger partial charge in [-0.05, 0) is 26.7 Å². The molecule has 0 amide bonds. The topological polar surface area (TPSA) is 61.0 Å². The molecule has 1 aliphatic rings. The molecule has 1 saturated carbocycles. The predicted molar refractivity (Wildman–Crippen MR) is 62.4 cm³/mol. The molecular weight excluding hydrogens is 202 g/mol. The molecule has 2 N–H and O–H groups in total. The highest BCUT2D eigenvalue weighted by Gasteiger charge is 2.30. The minimum Gasteiger partial charge on any atom is -0.474 e. The quantitative estimate of drug-likeness (QED) is 0.844. The van der Waals surface area contributed by atoms with Crippen LogP contribution in [0, 0.1) is 13.8 Å². The number of rotatable bonds is 3. The van der Waals surface area contributed by atoms with Gasteiger partial charge in [0.2, 0.25) is 5.88 Å². The summed E-state index contributed by atoms with van der Waals surface area (Å²) in [6.45, 7) is 4.36. The van der Waals surface area contributed by atoms with E-state index in [-0.39, 0.29) is 5.54 Å². The molecule has 0 aliphatic heterocycles. The highest BCUT2D eigenvalue weighted by molar-refractivity contribution is 5.18. The molecule has 16 heavy (non-hydrogen) atoms. The van der Waals surface area contributed by atoms with Gasteiger partial charge in [-0.3, -0.25) is 4.98 Å². The van der Waals surface area contributed by atoms with Crippen molar-refractivity contribution < 1.29 is 4.74 Å². The molecule has 1 aliphatic carbocycles. The van der Waals surface area contributed by atoms with E-state index in [9.17, 15) is 0 Å². The maximum absolute atomic E-state index is 6.22. The van der Waals surface area contributed by atoms with Crippen molar-refractivity contribution in [1.82, 2.24) is 9.97 Å². The lowest BCUT2D eigenvalue weighted by Gasteiger charge is -2.23. The van der Waals surface area contributed by atoms with Gasteiger partial charge in [-0.2, -0.15) is 0 Å². The Morgan fingerprint density at radius 1 is 1.38 bits per heavy atom. The van der Waals surface area contributed by atoms with Gasteiger partial charge in [0.05, 0.1) is 16.9 Å². The summed E-state index contributed by atoms with van der Waals surface area (Å²) in [5.74, 6) is 0.622. The lowest BCUT2D eigenvalue weighted by Crippen LogP contribution is -2.42. The van der Waals surface area contributed by atoms with E-state index < -0.39 is 0 Å². The first-order chi connectivity index (χ1) is 7.59. The van der Waals surface area contributed by atoms with E-state index in [1.54, 1.807) is 6.20 Å². The van der Waals surface area contributed by atoms with Gasteiger partial charge >= 0.3 is 0 Å². The zero-order chi connectivity index (χ0) is 11.6. The summed E-state index contributed by atoms with van der Waals surface area (Å²) in [5, 5.41) is 0. The van der Waals surface area contributed by atoms with Gasteiger partial charge in [0, 0.05) is 6.20 Å². The SMILES string of the molecule is Cc1cnc(C)c(OCC2(N)CCCC2)n1. The van der Waals surface area contributed by atoms with Crippen molar-refractivity contribution in [3.8, 4) is 5.88 Å². The molecule has 0 atom stereocenters. The van der Waals surface area contributed by atoms with Crippen LogP contribution in [0.15, 0.2) is 6.20 Å². The zero-order valence-corrected chi connectivity index (χ0v) is 9.99. The molecule has 4 nitrogen and oxygen atoms in total. The maximum Gasteiger partial charge on any atom is 0.235 e. The first-order valence-electron chi connectivity index (χ1n) is 5.81. The minimum atomic E-state index is -0.155. The van der Waals surface area contributed by atoms with Gasteiger partial charge in [-0.1, -0.05) is 12.8 Å². The third-order valence-electron chi connectivity index (χ3n) is 3.13. The van der Waals surface area contributed by atoms with Gasteiger partial charge in [0.25, 0.3) is 0 Å². The highest BCUT2D eigenvalue weighted by atomic mass is 16.5. The number of hydrogen-bond acceptors (Lipinski definition) is 4. The average Bonchev–Trinajstić information content (AvgIpc) is 2.67. The predicted octanol–water partition coefficient (Wildman–Crippen LogP) is 1.74. The molecule has 2 rings (SSSR count). The van der Waals surface area contributed by atoms with Crippen LogP contribution in [-0.4, -0.2) is 22.1 Å². The Hall–Kier alpha value is -1.16. The van der Waals surface area contributed by atoms with Gasteiger partial charge < -0.3 is 10.5 Å². The van der Waals surface area contributed by atoms with Crippen molar-refractivity contribution in [3.05, 3.63) is 17.6 Å². The van der Waals surface area contributed by atoms with Crippen molar-refractivity contribution in [1.29, 1.82) is 0 Å². The molecule has 1 heterocycles. The molecule has 88 valence electrons. The Morgan fingerprint density at radius 2 is 2.06 bits per heavy atom. The fraction of sp³-hybridized carbons (Fsp3) is 0.667. The van der Waals surface area contributed by atoms with E-state index >= 15 is 0 Å². The Bertz CT molecular complexity index is 373. The minimum absolute atomic E-state index is 0.155. The fourth-order valence-corrected chi connectivity index (χ4v) is 2.09. The number of ether oxygens (including phenoxy) is 1. The Balaban J connectivity index is 2.01. The van der Waals surface area contributed by atoms with Crippen LogP contribution in [0.3, 0.4) is 0 Å². The summed E-state index contributed by atoms with van der Waals surface area (Å²) in [6.07, 6.45) is 6.25. The molecule has 0 saturated heterocycles. The molecule has 0 aromatic carbocycles. The average molecular weight is 221 g/mol. The molecule has 1 fully saturated rings. The van der Waals surface area contributed by atoms with Gasteiger partial charge in [0.15, 0.2) is 0 Å². The van der Waals surface area contributed by atoms with Crippen LogP contribution in [0.5, 0.6) is 5.88 Å². The van der Waals surface area contributed by atoms with E-state index in [0.717, 1.165) is 24.2 Å². The Labute approximate surface area is 96.2 Å². The van der Waals surface area contributed by atoms with Crippen LogP contribution in [0.1, 0.15) is 37.1 Å². The standard InChI is InChI=1S/C12H19N3O/c1-9-7-14-10(2)11(15-9)16-8-12(13)5-3-4-6-12/h7H,3-6,8,13H2,1-2H3. The first-order valence-corrected chi connectivity index (χ1v) is 5.81. The van der Waals surface area contributed by atoms with Gasteiger partial charge in [-0.25, -0.2) is 4.98 Å². The smallest absolute Gasteiger partial charge is 0.235 e. The van der Waals surface area contributed by atoms with Crippen LogP contribution in [-0.2, 0) is 0 Å². The molecule has 0 radical (unpaired) electrons.